The first-order valence-electron chi connectivity index (χ1n) is 9.13. The number of quaternary nitrogens is 1. The summed E-state index contributed by atoms with van der Waals surface area (Å²) in [4.78, 5) is 0. The molecule has 0 rings (SSSR count). The van der Waals surface area contributed by atoms with E-state index in [1.807, 2.05) is 0 Å². The Balaban J connectivity index is 0. The van der Waals surface area contributed by atoms with Crippen molar-refractivity contribution in [3.05, 3.63) is 0 Å². The first kappa shape index (κ1) is 23.7. The van der Waals surface area contributed by atoms with E-state index in [1.165, 1.54) is 77.0 Å². The molecule has 0 spiro atoms. The quantitative estimate of drug-likeness (QED) is 0.267. The Kier molecular flexibility index (Phi) is 18.9. The van der Waals surface area contributed by atoms with Gasteiger partial charge in [0.05, 0.1) is 20.1 Å². The lowest BCUT2D eigenvalue weighted by atomic mass is 10.1. The standard InChI is InChI=1S/C18H40NO.BrH/c1-4-6-8-10-12-14-16-19(3,18-20)17-15-13-11-9-7-5-2;/h20H,4-18H2,1-3H3;1H/q+1;/p-1. The molecule has 2 nitrogen and oxygen atoms in total. The Bertz CT molecular complexity index is 184. The molecule has 0 fully saturated rings. The monoisotopic (exact) mass is 365 g/mol. The van der Waals surface area contributed by atoms with Crippen LogP contribution in [0.4, 0.5) is 0 Å². The second-order valence-corrected chi connectivity index (χ2v) is 6.74. The molecular formula is C18H40BrNO. The number of rotatable bonds is 15. The van der Waals surface area contributed by atoms with E-state index in [1.54, 1.807) is 0 Å². The fourth-order valence-corrected chi connectivity index (χ4v) is 2.80. The van der Waals surface area contributed by atoms with Crippen molar-refractivity contribution in [2.45, 2.75) is 90.9 Å². The highest BCUT2D eigenvalue weighted by molar-refractivity contribution is 4.47. The summed E-state index contributed by atoms with van der Waals surface area (Å²) in [6, 6.07) is 0. The lowest BCUT2D eigenvalue weighted by Gasteiger charge is -2.32. The fraction of sp³-hybridized carbons (Fsp3) is 1.00. The maximum atomic E-state index is 9.64. The molecule has 0 heterocycles. The maximum Gasteiger partial charge on any atom is 0.180 e. The van der Waals surface area contributed by atoms with E-state index in [-0.39, 0.29) is 17.0 Å². The lowest BCUT2D eigenvalue weighted by molar-refractivity contribution is -0.927. The highest BCUT2D eigenvalue weighted by atomic mass is 79.9. The number of hydrogen-bond acceptors (Lipinski definition) is 1. The van der Waals surface area contributed by atoms with Crippen molar-refractivity contribution in [3.8, 4) is 0 Å². The maximum absolute atomic E-state index is 9.64. The minimum absolute atomic E-state index is 0. The molecule has 1 N–H and O–H groups in total. The van der Waals surface area contributed by atoms with Crippen LogP contribution in [0.3, 0.4) is 0 Å². The van der Waals surface area contributed by atoms with E-state index in [4.69, 9.17) is 0 Å². The van der Waals surface area contributed by atoms with Gasteiger partial charge in [-0.1, -0.05) is 65.2 Å². The minimum Gasteiger partial charge on any atom is -1.00 e. The van der Waals surface area contributed by atoms with Crippen LogP contribution >= 0.6 is 0 Å². The van der Waals surface area contributed by atoms with Gasteiger partial charge >= 0.3 is 0 Å². The van der Waals surface area contributed by atoms with Gasteiger partial charge < -0.3 is 26.6 Å². The third-order valence-corrected chi connectivity index (χ3v) is 4.44. The Morgan fingerprint density at radius 2 is 0.952 bits per heavy atom. The van der Waals surface area contributed by atoms with Gasteiger partial charge in [-0.05, 0) is 25.7 Å². The predicted octanol–water partition coefficient (Wildman–Crippen LogP) is 2.11. The van der Waals surface area contributed by atoms with Crippen molar-refractivity contribution in [1.82, 2.24) is 0 Å². The van der Waals surface area contributed by atoms with Crippen molar-refractivity contribution in [2.75, 3.05) is 26.9 Å². The second-order valence-electron chi connectivity index (χ2n) is 6.74. The van der Waals surface area contributed by atoms with Gasteiger partial charge in [-0.25, -0.2) is 0 Å². The van der Waals surface area contributed by atoms with E-state index in [0.29, 0.717) is 6.73 Å². The van der Waals surface area contributed by atoms with Crippen LogP contribution in [-0.2, 0) is 0 Å². The number of nitrogens with zero attached hydrogens (tertiary/aromatic N) is 1. The predicted molar refractivity (Wildman–Crippen MR) is 89.8 cm³/mol. The van der Waals surface area contributed by atoms with Crippen molar-refractivity contribution in [3.63, 3.8) is 0 Å². The molecule has 0 unspecified atom stereocenters. The van der Waals surface area contributed by atoms with Crippen molar-refractivity contribution < 1.29 is 26.6 Å². The highest BCUT2D eigenvalue weighted by Gasteiger charge is 2.18. The normalized spacial score (nSPS) is 11.4. The Morgan fingerprint density at radius 1 is 0.619 bits per heavy atom. The number of halogens is 1. The van der Waals surface area contributed by atoms with Gasteiger partial charge in [-0.3, -0.25) is 0 Å². The zero-order valence-corrected chi connectivity index (χ0v) is 16.5. The summed E-state index contributed by atoms with van der Waals surface area (Å²) in [6.45, 7) is 7.14. The van der Waals surface area contributed by atoms with Gasteiger partial charge in [-0.2, -0.15) is 0 Å². The van der Waals surface area contributed by atoms with E-state index in [0.717, 1.165) is 17.6 Å². The van der Waals surface area contributed by atoms with E-state index < -0.39 is 0 Å². The van der Waals surface area contributed by atoms with Gasteiger partial charge in [0.1, 0.15) is 0 Å². The second kappa shape index (κ2) is 16.8. The molecule has 0 amide bonds. The van der Waals surface area contributed by atoms with Gasteiger partial charge in [-0.15, -0.1) is 0 Å². The molecular weight excluding hydrogens is 326 g/mol. The molecule has 0 saturated heterocycles. The molecule has 21 heavy (non-hydrogen) atoms. The van der Waals surface area contributed by atoms with Crippen LogP contribution in [0.5, 0.6) is 0 Å². The number of hydrogen-bond donors (Lipinski definition) is 1. The first-order chi connectivity index (χ1) is 9.68. The molecule has 0 radical (unpaired) electrons. The SMILES string of the molecule is CCCCCCCC[N+](C)(CO)CCCCCCCC.[Br-]. The van der Waals surface area contributed by atoms with Gasteiger partial charge in [0, 0.05) is 0 Å². The summed E-state index contributed by atoms with van der Waals surface area (Å²) in [5.74, 6) is 0. The summed E-state index contributed by atoms with van der Waals surface area (Å²) in [5.41, 5.74) is 0. The van der Waals surface area contributed by atoms with Crippen LogP contribution in [-0.4, -0.2) is 36.5 Å². The zero-order valence-electron chi connectivity index (χ0n) is 14.9. The molecule has 130 valence electrons. The summed E-state index contributed by atoms with van der Waals surface area (Å²) < 4.78 is 0.863. The molecule has 0 aliphatic heterocycles. The molecule has 3 heteroatoms. The first-order valence-corrected chi connectivity index (χ1v) is 9.13. The fourth-order valence-electron chi connectivity index (χ4n) is 2.80. The molecule has 0 aromatic carbocycles. The number of aliphatic hydroxyl groups is 1. The third kappa shape index (κ3) is 15.1. The smallest absolute Gasteiger partial charge is 0.180 e. The van der Waals surface area contributed by atoms with Crippen LogP contribution in [0, 0.1) is 0 Å². The molecule has 0 saturated carbocycles. The molecule has 0 aromatic heterocycles. The average molecular weight is 366 g/mol. The molecule has 0 atom stereocenters. The molecule has 0 aliphatic rings. The summed E-state index contributed by atoms with van der Waals surface area (Å²) >= 11 is 0. The summed E-state index contributed by atoms with van der Waals surface area (Å²) in [5, 5.41) is 9.64. The van der Waals surface area contributed by atoms with E-state index in [2.05, 4.69) is 20.9 Å². The Hall–Kier alpha value is 0.400. The third-order valence-electron chi connectivity index (χ3n) is 4.44. The van der Waals surface area contributed by atoms with Gasteiger partial charge in [0.15, 0.2) is 6.73 Å². The van der Waals surface area contributed by atoms with Crippen LogP contribution in [0.25, 0.3) is 0 Å². The highest BCUT2D eigenvalue weighted by Crippen LogP contribution is 2.12. The Morgan fingerprint density at radius 3 is 1.29 bits per heavy atom. The largest absolute Gasteiger partial charge is 1.00 e. The molecule has 0 bridgehead atoms. The van der Waals surface area contributed by atoms with Crippen LogP contribution in [0.2, 0.25) is 0 Å². The number of aliphatic hydroxyl groups excluding tert-OH is 1. The van der Waals surface area contributed by atoms with Gasteiger partial charge in [0.2, 0.25) is 0 Å². The van der Waals surface area contributed by atoms with Gasteiger partial charge in [0.25, 0.3) is 0 Å². The summed E-state index contributed by atoms with van der Waals surface area (Å²) in [7, 11) is 2.22. The van der Waals surface area contributed by atoms with E-state index in [9.17, 15) is 5.11 Å². The van der Waals surface area contributed by atoms with Crippen molar-refractivity contribution >= 4 is 0 Å². The topological polar surface area (TPSA) is 20.2 Å². The lowest BCUT2D eigenvalue weighted by Crippen LogP contribution is -3.00. The number of unbranched alkanes of at least 4 members (excludes halogenated alkanes) is 10. The average Bonchev–Trinajstić information content (AvgIpc) is 2.46. The van der Waals surface area contributed by atoms with Crippen molar-refractivity contribution in [1.29, 1.82) is 0 Å². The summed E-state index contributed by atoms with van der Waals surface area (Å²) in [6.07, 6.45) is 16.1. The molecule has 0 aliphatic carbocycles. The van der Waals surface area contributed by atoms with E-state index >= 15 is 0 Å². The zero-order chi connectivity index (χ0) is 15.1. The van der Waals surface area contributed by atoms with Crippen LogP contribution in [0.1, 0.15) is 90.9 Å². The van der Waals surface area contributed by atoms with Crippen LogP contribution < -0.4 is 17.0 Å². The van der Waals surface area contributed by atoms with Crippen molar-refractivity contribution in [2.24, 2.45) is 0 Å². The van der Waals surface area contributed by atoms with Crippen LogP contribution in [0.15, 0.2) is 0 Å². The minimum atomic E-state index is 0. The molecule has 0 aromatic rings. The Labute approximate surface area is 144 Å².